The summed E-state index contributed by atoms with van der Waals surface area (Å²) in [5, 5.41) is 0. The van der Waals surface area contributed by atoms with E-state index in [-0.39, 0.29) is 0 Å². The van der Waals surface area contributed by atoms with Crippen molar-refractivity contribution < 1.29 is 4.74 Å². The topological polar surface area (TPSA) is 39.9 Å². The summed E-state index contributed by atoms with van der Waals surface area (Å²) in [4.78, 5) is 9.13. The molecule has 4 heteroatoms. The van der Waals surface area contributed by atoms with Crippen molar-refractivity contribution in [2.75, 3.05) is 7.11 Å². The smallest absolute Gasteiger partial charge is 0.212 e. The Morgan fingerprint density at radius 1 is 1.12 bits per heavy atom. The SMILES string of the molecule is COc1ccc(-c2ccc3nc(C)n(C(C)C4CCCC4)c3c2)cn1. The van der Waals surface area contributed by atoms with Gasteiger partial charge in [0, 0.05) is 23.9 Å². The molecule has 0 radical (unpaired) electrons. The Balaban J connectivity index is 1.77. The van der Waals surface area contributed by atoms with Gasteiger partial charge in [-0.05, 0) is 56.4 Å². The number of ether oxygens (including phenoxy) is 1. The van der Waals surface area contributed by atoms with Crippen LogP contribution in [0.2, 0.25) is 0 Å². The number of rotatable bonds is 4. The van der Waals surface area contributed by atoms with Crippen LogP contribution in [0.4, 0.5) is 0 Å². The normalized spacial score (nSPS) is 16.4. The lowest BCUT2D eigenvalue weighted by molar-refractivity contribution is 0.362. The van der Waals surface area contributed by atoms with Gasteiger partial charge in [-0.2, -0.15) is 0 Å². The minimum absolute atomic E-state index is 0.497. The van der Waals surface area contributed by atoms with Crippen molar-refractivity contribution in [1.29, 1.82) is 0 Å². The molecule has 1 saturated carbocycles. The van der Waals surface area contributed by atoms with Crippen LogP contribution in [0.3, 0.4) is 0 Å². The fourth-order valence-corrected chi connectivity index (χ4v) is 4.23. The van der Waals surface area contributed by atoms with Gasteiger partial charge in [-0.25, -0.2) is 9.97 Å². The number of aromatic nitrogens is 3. The molecule has 1 atom stereocenters. The lowest BCUT2D eigenvalue weighted by atomic mass is 9.99. The number of fused-ring (bicyclic) bond motifs is 1. The molecule has 0 N–H and O–H groups in total. The third kappa shape index (κ3) is 2.90. The maximum atomic E-state index is 5.16. The first-order chi connectivity index (χ1) is 12.2. The van der Waals surface area contributed by atoms with Gasteiger partial charge in [0.05, 0.1) is 18.1 Å². The Morgan fingerprint density at radius 3 is 2.56 bits per heavy atom. The fourth-order valence-electron chi connectivity index (χ4n) is 4.23. The van der Waals surface area contributed by atoms with Crippen molar-refractivity contribution >= 4 is 11.0 Å². The summed E-state index contributed by atoms with van der Waals surface area (Å²) in [7, 11) is 1.64. The highest BCUT2D eigenvalue weighted by atomic mass is 16.5. The van der Waals surface area contributed by atoms with Gasteiger partial charge in [0.25, 0.3) is 0 Å². The molecule has 1 fully saturated rings. The summed E-state index contributed by atoms with van der Waals surface area (Å²) in [5.41, 5.74) is 4.57. The van der Waals surface area contributed by atoms with E-state index in [1.165, 1.54) is 36.8 Å². The van der Waals surface area contributed by atoms with Crippen LogP contribution < -0.4 is 4.74 Å². The van der Waals surface area contributed by atoms with Crippen molar-refractivity contribution in [2.24, 2.45) is 5.92 Å². The lowest BCUT2D eigenvalue weighted by Gasteiger charge is -2.23. The molecule has 1 aliphatic rings. The third-order valence-corrected chi connectivity index (χ3v) is 5.63. The average molecular weight is 335 g/mol. The van der Waals surface area contributed by atoms with Gasteiger partial charge in [-0.1, -0.05) is 18.9 Å². The zero-order chi connectivity index (χ0) is 17.4. The van der Waals surface area contributed by atoms with Crippen LogP contribution in [-0.4, -0.2) is 21.6 Å². The van der Waals surface area contributed by atoms with E-state index in [1.807, 2.05) is 12.3 Å². The zero-order valence-corrected chi connectivity index (χ0v) is 15.2. The first-order valence-corrected chi connectivity index (χ1v) is 9.16. The van der Waals surface area contributed by atoms with Crippen LogP contribution in [0.1, 0.15) is 44.5 Å². The summed E-state index contributed by atoms with van der Waals surface area (Å²) in [6.45, 7) is 4.48. The molecule has 2 heterocycles. The number of hydrogen-bond donors (Lipinski definition) is 0. The summed E-state index contributed by atoms with van der Waals surface area (Å²) in [6.07, 6.45) is 7.27. The van der Waals surface area contributed by atoms with E-state index in [0.29, 0.717) is 11.9 Å². The number of aryl methyl sites for hydroxylation is 1. The predicted molar refractivity (Wildman–Crippen MR) is 101 cm³/mol. The molecule has 25 heavy (non-hydrogen) atoms. The maximum absolute atomic E-state index is 5.16. The highest BCUT2D eigenvalue weighted by Gasteiger charge is 2.25. The molecule has 0 spiro atoms. The van der Waals surface area contributed by atoms with Crippen LogP contribution in [0, 0.1) is 12.8 Å². The Bertz CT molecular complexity index is 876. The van der Waals surface area contributed by atoms with Crippen molar-refractivity contribution in [3.05, 3.63) is 42.4 Å². The number of benzene rings is 1. The Morgan fingerprint density at radius 2 is 1.88 bits per heavy atom. The van der Waals surface area contributed by atoms with Crippen LogP contribution in [0.5, 0.6) is 5.88 Å². The number of methoxy groups -OCH3 is 1. The van der Waals surface area contributed by atoms with E-state index in [2.05, 4.69) is 47.7 Å². The standard InChI is InChI=1S/C21H25N3O/c1-14(16-6-4-5-7-16)24-15(2)23-19-10-8-17(12-20(19)24)18-9-11-21(25-3)22-13-18/h8-14,16H,4-7H2,1-3H3. The second-order valence-corrected chi connectivity index (χ2v) is 7.11. The average Bonchev–Trinajstić information content (AvgIpc) is 3.28. The summed E-state index contributed by atoms with van der Waals surface area (Å²) in [5.74, 6) is 2.52. The molecule has 2 aromatic heterocycles. The number of hydrogen-bond acceptors (Lipinski definition) is 3. The molecule has 130 valence electrons. The molecule has 0 aliphatic heterocycles. The highest BCUT2D eigenvalue weighted by molar-refractivity contribution is 5.82. The Hall–Kier alpha value is -2.36. The van der Waals surface area contributed by atoms with Crippen LogP contribution in [0.25, 0.3) is 22.2 Å². The van der Waals surface area contributed by atoms with Gasteiger partial charge >= 0.3 is 0 Å². The maximum Gasteiger partial charge on any atom is 0.212 e. The molecule has 1 unspecified atom stereocenters. The minimum Gasteiger partial charge on any atom is -0.481 e. The third-order valence-electron chi connectivity index (χ3n) is 5.63. The van der Waals surface area contributed by atoms with E-state index < -0.39 is 0 Å². The summed E-state index contributed by atoms with van der Waals surface area (Å²) in [6, 6.07) is 11.0. The molecule has 0 amide bonds. The quantitative estimate of drug-likeness (QED) is 0.660. The predicted octanol–water partition coefficient (Wildman–Crippen LogP) is 5.17. The monoisotopic (exact) mass is 335 g/mol. The van der Waals surface area contributed by atoms with Gasteiger partial charge in [0.15, 0.2) is 0 Å². The molecule has 0 bridgehead atoms. The molecule has 3 aromatic rings. The number of pyridine rings is 1. The van der Waals surface area contributed by atoms with Gasteiger partial charge in [0.2, 0.25) is 5.88 Å². The van der Waals surface area contributed by atoms with E-state index >= 15 is 0 Å². The van der Waals surface area contributed by atoms with Crippen molar-refractivity contribution in [3.8, 4) is 17.0 Å². The first-order valence-electron chi connectivity index (χ1n) is 9.16. The van der Waals surface area contributed by atoms with Crippen molar-refractivity contribution in [3.63, 3.8) is 0 Å². The van der Waals surface area contributed by atoms with Gasteiger partial charge in [-0.3, -0.25) is 0 Å². The number of nitrogens with zero attached hydrogens (tertiary/aromatic N) is 3. The first kappa shape index (κ1) is 16.1. The molecule has 1 aromatic carbocycles. The molecular formula is C21H25N3O. The van der Waals surface area contributed by atoms with E-state index in [4.69, 9.17) is 9.72 Å². The van der Waals surface area contributed by atoms with E-state index in [0.717, 1.165) is 22.8 Å². The minimum atomic E-state index is 0.497. The molecular weight excluding hydrogens is 310 g/mol. The fraction of sp³-hybridized carbons (Fsp3) is 0.429. The van der Waals surface area contributed by atoms with E-state index in [9.17, 15) is 0 Å². The second kappa shape index (κ2) is 6.51. The molecule has 1 aliphatic carbocycles. The van der Waals surface area contributed by atoms with Crippen LogP contribution in [-0.2, 0) is 0 Å². The number of imidazole rings is 1. The van der Waals surface area contributed by atoms with Gasteiger partial charge in [0.1, 0.15) is 5.82 Å². The second-order valence-electron chi connectivity index (χ2n) is 7.11. The summed E-state index contributed by atoms with van der Waals surface area (Å²) >= 11 is 0. The molecule has 0 saturated heterocycles. The molecule has 4 nitrogen and oxygen atoms in total. The van der Waals surface area contributed by atoms with Gasteiger partial charge in [-0.15, -0.1) is 0 Å². The van der Waals surface area contributed by atoms with Gasteiger partial charge < -0.3 is 9.30 Å². The lowest BCUT2D eigenvalue weighted by Crippen LogP contribution is -2.15. The highest BCUT2D eigenvalue weighted by Crippen LogP contribution is 2.37. The van der Waals surface area contributed by atoms with Crippen molar-refractivity contribution in [2.45, 2.75) is 45.6 Å². The Labute approximate surface area is 148 Å². The van der Waals surface area contributed by atoms with Crippen molar-refractivity contribution in [1.82, 2.24) is 14.5 Å². The van der Waals surface area contributed by atoms with Crippen LogP contribution >= 0.6 is 0 Å². The van der Waals surface area contributed by atoms with Crippen LogP contribution in [0.15, 0.2) is 36.5 Å². The summed E-state index contributed by atoms with van der Waals surface area (Å²) < 4.78 is 7.60. The van der Waals surface area contributed by atoms with E-state index in [1.54, 1.807) is 7.11 Å². The Kier molecular flexibility index (Phi) is 4.20. The zero-order valence-electron chi connectivity index (χ0n) is 15.2. The largest absolute Gasteiger partial charge is 0.481 e. The molecule has 4 rings (SSSR count).